The second kappa shape index (κ2) is 4.19. The van der Waals surface area contributed by atoms with Crippen molar-refractivity contribution < 1.29 is 4.79 Å². The topological polar surface area (TPSA) is 20.3 Å². The lowest BCUT2D eigenvalue weighted by atomic mass is 10.0. The Morgan fingerprint density at radius 3 is 2.50 bits per heavy atom. The van der Waals surface area contributed by atoms with Gasteiger partial charge in [-0.1, -0.05) is 36.9 Å². The predicted molar refractivity (Wildman–Crippen MR) is 67.4 cm³/mol. The Kier molecular flexibility index (Phi) is 2.73. The molecule has 0 aromatic heterocycles. The first kappa shape index (κ1) is 10.4. The van der Waals surface area contributed by atoms with E-state index in [0.717, 1.165) is 28.4 Å². The number of rotatable bonds is 3. The number of aryl methyl sites for hydroxylation is 1. The van der Waals surface area contributed by atoms with Gasteiger partial charge in [0.1, 0.15) is 0 Å². The van der Waals surface area contributed by atoms with Crippen LogP contribution in [-0.2, 0) is 4.79 Å². The third-order valence-corrected chi connectivity index (χ3v) is 2.68. The fourth-order valence-corrected chi connectivity index (χ4v) is 1.92. The molecule has 16 heavy (non-hydrogen) atoms. The van der Waals surface area contributed by atoms with E-state index in [0.29, 0.717) is 0 Å². The summed E-state index contributed by atoms with van der Waals surface area (Å²) in [6.07, 6.45) is 2.29. The molecule has 2 heteroatoms. The minimum absolute atomic E-state index is 0.772. The van der Waals surface area contributed by atoms with Gasteiger partial charge >= 0.3 is 0 Å². The molecule has 2 aromatic carbocycles. The van der Waals surface area contributed by atoms with Crippen LogP contribution in [-0.4, -0.2) is 6.41 Å². The molecule has 0 bridgehead atoms. The second-order valence-electron chi connectivity index (χ2n) is 3.65. The van der Waals surface area contributed by atoms with Gasteiger partial charge in [-0.2, -0.15) is 0 Å². The van der Waals surface area contributed by atoms with Gasteiger partial charge in [0.2, 0.25) is 6.41 Å². The zero-order chi connectivity index (χ0) is 11.5. The quantitative estimate of drug-likeness (QED) is 0.713. The fourth-order valence-electron chi connectivity index (χ4n) is 1.92. The van der Waals surface area contributed by atoms with Crippen LogP contribution in [0.25, 0.3) is 10.8 Å². The van der Waals surface area contributed by atoms with E-state index in [1.165, 1.54) is 11.1 Å². The number of anilines is 1. The molecule has 0 N–H and O–H groups in total. The van der Waals surface area contributed by atoms with Crippen LogP contribution in [0.3, 0.4) is 0 Å². The summed E-state index contributed by atoms with van der Waals surface area (Å²) in [5.41, 5.74) is 2.03. The van der Waals surface area contributed by atoms with E-state index in [1.807, 2.05) is 43.3 Å². The van der Waals surface area contributed by atoms with Gasteiger partial charge in [0, 0.05) is 11.6 Å². The fraction of sp³-hybridized carbons (Fsp3) is 0.0714. The standard InChI is InChI=1S/C14H13NO/c1-3-15(10-16)13-9-5-8-12-7-4-6-11(2)14(12)13/h3-10H,1H2,2H3. The van der Waals surface area contributed by atoms with Crippen LogP contribution in [0.15, 0.2) is 49.2 Å². The lowest BCUT2D eigenvalue weighted by molar-refractivity contribution is -0.106. The highest BCUT2D eigenvalue weighted by Gasteiger charge is 2.07. The number of hydrogen-bond donors (Lipinski definition) is 0. The van der Waals surface area contributed by atoms with Crippen molar-refractivity contribution in [2.75, 3.05) is 4.90 Å². The largest absolute Gasteiger partial charge is 0.290 e. The maximum absolute atomic E-state index is 10.9. The van der Waals surface area contributed by atoms with Gasteiger partial charge in [-0.05, 0) is 23.9 Å². The number of carbonyl (C=O) groups excluding carboxylic acids is 1. The average molecular weight is 211 g/mol. The minimum Gasteiger partial charge on any atom is -0.290 e. The maximum Gasteiger partial charge on any atom is 0.218 e. The van der Waals surface area contributed by atoms with Crippen LogP contribution in [0.5, 0.6) is 0 Å². The minimum atomic E-state index is 0.772. The molecular formula is C14H13NO. The van der Waals surface area contributed by atoms with Gasteiger partial charge < -0.3 is 0 Å². The first-order valence-corrected chi connectivity index (χ1v) is 5.12. The SMILES string of the molecule is C=CN(C=O)c1cccc2cccc(C)c12. The molecule has 0 fully saturated rings. The Morgan fingerprint density at radius 1 is 1.19 bits per heavy atom. The number of hydrogen-bond acceptors (Lipinski definition) is 1. The molecule has 0 aliphatic carbocycles. The molecule has 2 aromatic rings. The Bertz CT molecular complexity index is 532. The molecule has 0 aliphatic heterocycles. The molecule has 0 radical (unpaired) electrons. The van der Waals surface area contributed by atoms with Crippen LogP contribution in [0, 0.1) is 6.92 Å². The Labute approximate surface area is 94.8 Å². The molecule has 0 heterocycles. The summed E-state index contributed by atoms with van der Waals surface area (Å²) in [6.45, 7) is 5.68. The van der Waals surface area contributed by atoms with Crippen LogP contribution >= 0.6 is 0 Å². The molecule has 0 atom stereocenters. The lowest BCUT2D eigenvalue weighted by Crippen LogP contribution is -2.12. The molecule has 2 nitrogen and oxygen atoms in total. The third-order valence-electron chi connectivity index (χ3n) is 2.68. The second-order valence-corrected chi connectivity index (χ2v) is 3.65. The normalized spacial score (nSPS) is 10.1. The molecule has 1 amide bonds. The summed E-state index contributed by atoms with van der Waals surface area (Å²) < 4.78 is 0. The number of amides is 1. The van der Waals surface area contributed by atoms with Crippen molar-refractivity contribution in [1.82, 2.24) is 0 Å². The molecule has 0 spiro atoms. The van der Waals surface area contributed by atoms with Crippen LogP contribution in [0.1, 0.15) is 5.56 Å². The summed E-state index contributed by atoms with van der Waals surface area (Å²) in [4.78, 5) is 12.4. The average Bonchev–Trinajstić information content (AvgIpc) is 2.31. The molecule has 0 saturated heterocycles. The van der Waals surface area contributed by atoms with Gasteiger partial charge in [-0.3, -0.25) is 9.69 Å². The maximum atomic E-state index is 10.9. The number of fused-ring (bicyclic) bond motifs is 1. The lowest BCUT2D eigenvalue weighted by Gasteiger charge is -2.15. The van der Waals surface area contributed by atoms with Crippen LogP contribution in [0.4, 0.5) is 5.69 Å². The van der Waals surface area contributed by atoms with Gasteiger partial charge in [-0.25, -0.2) is 0 Å². The highest BCUT2D eigenvalue weighted by molar-refractivity contribution is 6.01. The van der Waals surface area contributed by atoms with Gasteiger partial charge in [0.15, 0.2) is 0 Å². The highest BCUT2D eigenvalue weighted by atomic mass is 16.1. The van der Waals surface area contributed by atoms with E-state index in [-0.39, 0.29) is 0 Å². The summed E-state index contributed by atoms with van der Waals surface area (Å²) in [7, 11) is 0. The van der Waals surface area contributed by atoms with E-state index in [4.69, 9.17) is 0 Å². The van der Waals surface area contributed by atoms with Crippen LogP contribution in [0.2, 0.25) is 0 Å². The van der Waals surface area contributed by atoms with E-state index in [9.17, 15) is 4.79 Å². The third kappa shape index (κ3) is 1.58. The van der Waals surface area contributed by atoms with E-state index in [2.05, 4.69) is 6.58 Å². The molecular weight excluding hydrogens is 198 g/mol. The van der Waals surface area contributed by atoms with E-state index < -0.39 is 0 Å². The molecule has 2 rings (SSSR count). The first-order valence-electron chi connectivity index (χ1n) is 5.12. The van der Waals surface area contributed by atoms with Crippen molar-refractivity contribution in [2.24, 2.45) is 0 Å². The summed E-state index contributed by atoms with van der Waals surface area (Å²) in [5, 5.41) is 2.23. The summed E-state index contributed by atoms with van der Waals surface area (Å²) >= 11 is 0. The van der Waals surface area contributed by atoms with E-state index >= 15 is 0 Å². The Morgan fingerprint density at radius 2 is 1.88 bits per heavy atom. The molecule has 80 valence electrons. The summed E-state index contributed by atoms with van der Waals surface area (Å²) in [5.74, 6) is 0. The smallest absolute Gasteiger partial charge is 0.218 e. The number of benzene rings is 2. The van der Waals surface area contributed by atoms with Crippen molar-refractivity contribution in [3.05, 3.63) is 54.7 Å². The van der Waals surface area contributed by atoms with Crippen LogP contribution < -0.4 is 4.90 Å². The van der Waals surface area contributed by atoms with Gasteiger partial charge in [0.25, 0.3) is 0 Å². The van der Waals surface area contributed by atoms with Gasteiger partial charge in [0.05, 0.1) is 5.69 Å². The zero-order valence-corrected chi connectivity index (χ0v) is 9.18. The molecule has 0 aliphatic rings. The molecule has 0 saturated carbocycles. The van der Waals surface area contributed by atoms with Crippen molar-refractivity contribution in [1.29, 1.82) is 0 Å². The number of carbonyl (C=O) groups is 1. The van der Waals surface area contributed by atoms with Crippen molar-refractivity contribution >= 4 is 22.9 Å². The van der Waals surface area contributed by atoms with Gasteiger partial charge in [-0.15, -0.1) is 0 Å². The predicted octanol–water partition coefficient (Wildman–Crippen LogP) is 3.25. The van der Waals surface area contributed by atoms with E-state index in [1.54, 1.807) is 0 Å². The Hall–Kier alpha value is -2.09. The zero-order valence-electron chi connectivity index (χ0n) is 9.18. The van der Waals surface area contributed by atoms with Crippen molar-refractivity contribution in [3.63, 3.8) is 0 Å². The first-order chi connectivity index (χ1) is 7.77. The monoisotopic (exact) mass is 211 g/mol. The van der Waals surface area contributed by atoms with Crippen molar-refractivity contribution in [2.45, 2.75) is 6.92 Å². The number of nitrogens with zero attached hydrogens (tertiary/aromatic N) is 1. The highest BCUT2D eigenvalue weighted by Crippen LogP contribution is 2.29. The Balaban J connectivity index is 2.78. The van der Waals surface area contributed by atoms with Crippen molar-refractivity contribution in [3.8, 4) is 0 Å². The summed E-state index contributed by atoms with van der Waals surface area (Å²) in [6, 6.07) is 12.0. The molecule has 0 unspecified atom stereocenters.